The molecule has 7 heteroatoms. The van der Waals surface area contributed by atoms with Gasteiger partial charge in [0, 0.05) is 6.42 Å². The van der Waals surface area contributed by atoms with Crippen molar-refractivity contribution in [3.63, 3.8) is 0 Å². The average Bonchev–Trinajstić information content (AvgIpc) is 2.64. The zero-order valence-corrected chi connectivity index (χ0v) is 11.1. The lowest BCUT2D eigenvalue weighted by Crippen LogP contribution is -2.30. The van der Waals surface area contributed by atoms with Crippen molar-refractivity contribution in [3.05, 3.63) is 11.7 Å². The molecule has 2 atom stereocenters. The van der Waals surface area contributed by atoms with E-state index in [2.05, 4.69) is 10.1 Å². The van der Waals surface area contributed by atoms with E-state index in [1.807, 2.05) is 6.92 Å². The number of hydrogen-bond acceptors (Lipinski definition) is 6. The Kier molecular flexibility index (Phi) is 4.64. The number of hydrogen-bond donors (Lipinski definition) is 1. The van der Waals surface area contributed by atoms with Crippen molar-refractivity contribution in [2.45, 2.75) is 50.7 Å². The Bertz CT molecular complexity index is 453. The topological polar surface area (TPSA) is 93.3 Å². The van der Waals surface area contributed by atoms with Gasteiger partial charge in [0.05, 0.1) is 11.4 Å². The molecule has 98 valence electrons. The molecule has 0 aliphatic rings. The van der Waals surface area contributed by atoms with E-state index in [4.69, 9.17) is 4.52 Å². The van der Waals surface area contributed by atoms with Crippen molar-refractivity contribution < 1.29 is 18.0 Å². The van der Waals surface area contributed by atoms with Gasteiger partial charge in [-0.25, -0.2) is 8.42 Å². The fourth-order valence-electron chi connectivity index (χ4n) is 1.28. The van der Waals surface area contributed by atoms with Crippen LogP contribution in [0.25, 0.3) is 0 Å². The molecule has 0 saturated carbocycles. The van der Waals surface area contributed by atoms with Gasteiger partial charge in [0.1, 0.15) is 5.75 Å². The van der Waals surface area contributed by atoms with Crippen LogP contribution in [0.2, 0.25) is 0 Å². The summed E-state index contributed by atoms with van der Waals surface area (Å²) in [6.45, 7) is 4.88. The highest BCUT2D eigenvalue weighted by Crippen LogP contribution is 2.12. The van der Waals surface area contributed by atoms with Gasteiger partial charge in [-0.1, -0.05) is 12.1 Å². The van der Waals surface area contributed by atoms with Crippen LogP contribution >= 0.6 is 0 Å². The van der Waals surface area contributed by atoms with E-state index in [0.717, 1.165) is 6.42 Å². The summed E-state index contributed by atoms with van der Waals surface area (Å²) in [5, 5.41) is 12.1. The summed E-state index contributed by atoms with van der Waals surface area (Å²) in [7, 11) is -3.45. The molecule has 0 amide bonds. The third-order valence-corrected chi connectivity index (χ3v) is 4.74. The minimum Gasteiger partial charge on any atom is -0.392 e. The Morgan fingerprint density at radius 1 is 1.41 bits per heavy atom. The van der Waals surface area contributed by atoms with Crippen molar-refractivity contribution >= 4 is 9.84 Å². The third-order valence-electron chi connectivity index (χ3n) is 2.55. The molecule has 0 radical (unpaired) electrons. The quantitative estimate of drug-likeness (QED) is 0.811. The van der Waals surface area contributed by atoms with Crippen LogP contribution in [0.4, 0.5) is 0 Å². The third kappa shape index (κ3) is 3.78. The molecule has 0 aliphatic heterocycles. The second-order valence-electron chi connectivity index (χ2n) is 4.11. The zero-order chi connectivity index (χ0) is 13.1. The largest absolute Gasteiger partial charge is 0.392 e. The maximum atomic E-state index is 11.8. The first-order valence-corrected chi connectivity index (χ1v) is 7.29. The molecule has 0 spiro atoms. The van der Waals surface area contributed by atoms with Crippen LogP contribution in [0.15, 0.2) is 4.52 Å². The van der Waals surface area contributed by atoms with Crippen molar-refractivity contribution in [3.8, 4) is 0 Å². The highest BCUT2D eigenvalue weighted by atomic mass is 32.2. The molecule has 0 aliphatic carbocycles. The maximum absolute atomic E-state index is 11.8. The van der Waals surface area contributed by atoms with Crippen LogP contribution in [-0.2, 0) is 22.0 Å². The van der Waals surface area contributed by atoms with Crippen molar-refractivity contribution in [2.75, 3.05) is 0 Å². The highest BCUT2D eigenvalue weighted by Gasteiger charge is 2.27. The summed E-state index contributed by atoms with van der Waals surface area (Å²) < 4.78 is 28.6. The number of sulfone groups is 1. The molecule has 0 saturated heterocycles. The van der Waals surface area contributed by atoms with Gasteiger partial charge in [0.15, 0.2) is 15.7 Å². The first-order chi connectivity index (χ1) is 7.86. The number of aliphatic hydroxyl groups excluding tert-OH is 1. The van der Waals surface area contributed by atoms with Crippen LogP contribution in [-0.4, -0.2) is 35.0 Å². The first kappa shape index (κ1) is 14.1. The number of rotatable bonds is 6. The molecule has 17 heavy (non-hydrogen) atoms. The summed E-state index contributed by atoms with van der Waals surface area (Å²) in [6, 6.07) is 0. The standard InChI is InChI=1S/C10H18N2O4S/c1-4-5-10-11-9(12-16-10)6-17(14,15)8(3)7(2)13/h7-8,13H,4-6H2,1-3H3. The van der Waals surface area contributed by atoms with Gasteiger partial charge < -0.3 is 9.63 Å². The van der Waals surface area contributed by atoms with Gasteiger partial charge in [-0.15, -0.1) is 0 Å². The Labute approximate surface area is 101 Å². The van der Waals surface area contributed by atoms with Crippen LogP contribution in [0.1, 0.15) is 38.9 Å². The fraction of sp³-hybridized carbons (Fsp3) is 0.800. The Morgan fingerprint density at radius 2 is 2.06 bits per heavy atom. The van der Waals surface area contributed by atoms with E-state index >= 15 is 0 Å². The number of aryl methyl sites for hydroxylation is 1. The van der Waals surface area contributed by atoms with E-state index < -0.39 is 21.2 Å². The molecule has 0 aromatic carbocycles. The van der Waals surface area contributed by atoms with E-state index in [9.17, 15) is 13.5 Å². The summed E-state index contributed by atoms with van der Waals surface area (Å²) in [5.74, 6) is 0.301. The predicted octanol–water partition coefficient (Wildman–Crippen LogP) is 0.706. The normalized spacial score (nSPS) is 15.8. The molecule has 1 aromatic rings. The number of aromatic nitrogens is 2. The maximum Gasteiger partial charge on any atom is 0.226 e. The summed E-state index contributed by atoms with van der Waals surface area (Å²) in [6.07, 6.45) is 0.583. The second kappa shape index (κ2) is 5.59. The zero-order valence-electron chi connectivity index (χ0n) is 10.3. The van der Waals surface area contributed by atoms with Crippen LogP contribution in [0.3, 0.4) is 0 Å². The van der Waals surface area contributed by atoms with E-state index in [0.29, 0.717) is 12.3 Å². The van der Waals surface area contributed by atoms with E-state index in [1.165, 1.54) is 13.8 Å². The first-order valence-electron chi connectivity index (χ1n) is 5.58. The second-order valence-corrected chi connectivity index (χ2v) is 6.47. The molecular weight excluding hydrogens is 244 g/mol. The molecule has 1 N–H and O–H groups in total. The lowest BCUT2D eigenvalue weighted by atomic mass is 10.3. The molecule has 1 rings (SSSR count). The molecule has 1 aromatic heterocycles. The van der Waals surface area contributed by atoms with Crippen LogP contribution in [0, 0.1) is 0 Å². The lowest BCUT2D eigenvalue weighted by Gasteiger charge is -2.13. The Balaban J connectivity index is 2.76. The molecule has 0 fully saturated rings. The molecule has 0 bridgehead atoms. The summed E-state index contributed by atoms with van der Waals surface area (Å²) >= 11 is 0. The monoisotopic (exact) mass is 262 g/mol. The Hall–Kier alpha value is -0.950. The number of nitrogens with zero attached hydrogens (tertiary/aromatic N) is 2. The van der Waals surface area contributed by atoms with Crippen molar-refractivity contribution in [2.24, 2.45) is 0 Å². The van der Waals surface area contributed by atoms with Gasteiger partial charge in [0.2, 0.25) is 5.89 Å². The van der Waals surface area contributed by atoms with Gasteiger partial charge in [-0.2, -0.15) is 4.98 Å². The summed E-state index contributed by atoms with van der Waals surface area (Å²) in [5.41, 5.74) is 0. The smallest absolute Gasteiger partial charge is 0.226 e. The predicted molar refractivity (Wildman–Crippen MR) is 62.1 cm³/mol. The van der Waals surface area contributed by atoms with Crippen molar-refractivity contribution in [1.29, 1.82) is 0 Å². The SMILES string of the molecule is CCCc1nc(CS(=O)(=O)C(C)C(C)O)no1. The van der Waals surface area contributed by atoms with Crippen LogP contribution < -0.4 is 0 Å². The molecule has 1 heterocycles. The van der Waals surface area contributed by atoms with E-state index in [1.54, 1.807) is 0 Å². The van der Waals surface area contributed by atoms with E-state index in [-0.39, 0.29) is 11.6 Å². The Morgan fingerprint density at radius 3 is 2.59 bits per heavy atom. The van der Waals surface area contributed by atoms with Gasteiger partial charge in [-0.3, -0.25) is 0 Å². The van der Waals surface area contributed by atoms with Crippen molar-refractivity contribution in [1.82, 2.24) is 10.1 Å². The van der Waals surface area contributed by atoms with Gasteiger partial charge >= 0.3 is 0 Å². The minimum atomic E-state index is -3.45. The molecular formula is C10H18N2O4S. The molecule has 6 nitrogen and oxygen atoms in total. The average molecular weight is 262 g/mol. The minimum absolute atomic E-state index is 0.154. The fourth-order valence-corrected chi connectivity index (χ4v) is 2.62. The number of aliphatic hydroxyl groups is 1. The molecule has 2 unspecified atom stereocenters. The summed E-state index contributed by atoms with van der Waals surface area (Å²) in [4.78, 5) is 3.99. The van der Waals surface area contributed by atoms with Gasteiger partial charge in [-0.05, 0) is 20.3 Å². The lowest BCUT2D eigenvalue weighted by molar-refractivity contribution is 0.192. The van der Waals surface area contributed by atoms with Gasteiger partial charge in [0.25, 0.3) is 0 Å². The highest BCUT2D eigenvalue weighted by molar-refractivity contribution is 7.91. The van der Waals surface area contributed by atoms with Crippen LogP contribution in [0.5, 0.6) is 0 Å².